The molecule has 118 valence electrons. The normalized spacial score (nSPS) is 11.7. The van der Waals surface area contributed by atoms with Gasteiger partial charge in [0.15, 0.2) is 0 Å². The summed E-state index contributed by atoms with van der Waals surface area (Å²) >= 11 is 0. The molecule has 2 aromatic rings. The van der Waals surface area contributed by atoms with E-state index in [0.717, 1.165) is 11.3 Å². The fourth-order valence-corrected chi connectivity index (χ4v) is 3.11. The summed E-state index contributed by atoms with van der Waals surface area (Å²) in [5.41, 5.74) is 4.23. The summed E-state index contributed by atoms with van der Waals surface area (Å²) in [6.07, 6.45) is 0. The second-order valence-electron chi connectivity index (χ2n) is 5.61. The van der Waals surface area contributed by atoms with E-state index in [-0.39, 0.29) is 0 Å². The van der Waals surface area contributed by atoms with Gasteiger partial charge in [0.1, 0.15) is 0 Å². The molecule has 0 unspecified atom stereocenters. The molecule has 5 heteroatoms. The van der Waals surface area contributed by atoms with Crippen LogP contribution in [0.25, 0.3) is 0 Å². The third-order valence-electron chi connectivity index (χ3n) is 3.55. The van der Waals surface area contributed by atoms with Gasteiger partial charge in [-0.2, -0.15) is 0 Å². The summed E-state index contributed by atoms with van der Waals surface area (Å²) in [7, 11) is -0.339. The molecule has 0 fully saturated rings. The zero-order valence-corrected chi connectivity index (χ0v) is 14.2. The smallest absolute Gasteiger partial charge is 0.242 e. The van der Waals surface area contributed by atoms with Crippen LogP contribution in [0.3, 0.4) is 0 Å². The van der Waals surface area contributed by atoms with Crippen LogP contribution >= 0.6 is 0 Å². The van der Waals surface area contributed by atoms with E-state index in [1.165, 1.54) is 29.5 Å². The topological polar surface area (TPSA) is 49.4 Å². The van der Waals surface area contributed by atoms with Gasteiger partial charge in [-0.3, -0.25) is 0 Å². The van der Waals surface area contributed by atoms with Crippen molar-refractivity contribution in [3.05, 3.63) is 59.2 Å². The quantitative estimate of drug-likeness (QED) is 0.921. The lowest BCUT2D eigenvalue weighted by Crippen LogP contribution is -2.22. The average molecular weight is 318 g/mol. The Morgan fingerprint density at radius 3 is 2.41 bits per heavy atom. The molecule has 0 heterocycles. The molecule has 0 amide bonds. The summed E-state index contributed by atoms with van der Waals surface area (Å²) in [4.78, 5) is 0.301. The summed E-state index contributed by atoms with van der Waals surface area (Å²) in [6.45, 7) is 4.68. The van der Waals surface area contributed by atoms with Crippen molar-refractivity contribution in [1.29, 1.82) is 0 Å². The Morgan fingerprint density at radius 2 is 1.77 bits per heavy atom. The van der Waals surface area contributed by atoms with E-state index in [1.807, 2.05) is 19.1 Å². The maximum absolute atomic E-state index is 12.2. The number of anilines is 1. The van der Waals surface area contributed by atoms with Crippen molar-refractivity contribution < 1.29 is 8.42 Å². The third kappa shape index (κ3) is 3.67. The van der Waals surface area contributed by atoms with Gasteiger partial charge in [-0.1, -0.05) is 35.9 Å². The first kappa shape index (κ1) is 16.5. The van der Waals surface area contributed by atoms with Gasteiger partial charge in [0.05, 0.1) is 4.90 Å². The van der Waals surface area contributed by atoms with E-state index in [9.17, 15) is 8.42 Å². The minimum Gasteiger partial charge on any atom is -0.381 e. The van der Waals surface area contributed by atoms with E-state index in [1.54, 1.807) is 12.1 Å². The zero-order valence-electron chi connectivity index (χ0n) is 13.4. The van der Waals surface area contributed by atoms with E-state index in [2.05, 4.69) is 30.4 Å². The van der Waals surface area contributed by atoms with Crippen LogP contribution in [0.5, 0.6) is 0 Å². The fourth-order valence-electron chi connectivity index (χ4n) is 2.18. The number of benzene rings is 2. The minimum absolute atomic E-state index is 0.301. The van der Waals surface area contributed by atoms with Crippen LogP contribution in [-0.2, 0) is 16.6 Å². The number of aryl methyl sites for hydroxylation is 2. The van der Waals surface area contributed by atoms with Crippen LogP contribution in [0.1, 0.15) is 16.7 Å². The Kier molecular flexibility index (Phi) is 4.88. The standard InChI is InChI=1S/C17H22N2O2S/c1-13-6-5-7-15(10-13)12-18-17-11-16(9-8-14(17)2)22(20,21)19(3)4/h5-11,18H,12H2,1-4H3. The maximum atomic E-state index is 12.2. The van der Waals surface area contributed by atoms with Gasteiger partial charge in [0.2, 0.25) is 10.0 Å². The van der Waals surface area contributed by atoms with Crippen molar-refractivity contribution in [2.75, 3.05) is 19.4 Å². The van der Waals surface area contributed by atoms with Crippen molar-refractivity contribution in [3.8, 4) is 0 Å². The molecule has 0 saturated heterocycles. The van der Waals surface area contributed by atoms with E-state index >= 15 is 0 Å². The lowest BCUT2D eigenvalue weighted by molar-refractivity contribution is 0.521. The SMILES string of the molecule is Cc1cccc(CNc2cc(S(=O)(=O)N(C)C)ccc2C)c1. The molecule has 0 aliphatic heterocycles. The average Bonchev–Trinajstić information content (AvgIpc) is 2.46. The van der Waals surface area contributed by atoms with Crippen molar-refractivity contribution in [2.24, 2.45) is 0 Å². The molecule has 1 N–H and O–H groups in total. The molecule has 22 heavy (non-hydrogen) atoms. The van der Waals surface area contributed by atoms with Gasteiger partial charge in [-0.25, -0.2) is 12.7 Å². The first-order valence-electron chi connectivity index (χ1n) is 7.13. The highest BCUT2D eigenvalue weighted by Gasteiger charge is 2.17. The Labute approximate surface area is 132 Å². The summed E-state index contributed by atoms with van der Waals surface area (Å²) < 4.78 is 25.6. The Morgan fingerprint density at radius 1 is 1.05 bits per heavy atom. The second-order valence-corrected chi connectivity index (χ2v) is 7.76. The predicted molar refractivity (Wildman–Crippen MR) is 90.6 cm³/mol. The summed E-state index contributed by atoms with van der Waals surface area (Å²) in [6, 6.07) is 13.4. The van der Waals surface area contributed by atoms with Gasteiger partial charge in [0, 0.05) is 26.3 Å². The first-order chi connectivity index (χ1) is 10.3. The Bertz CT molecular complexity index is 768. The molecule has 0 radical (unpaired) electrons. The van der Waals surface area contributed by atoms with Crippen molar-refractivity contribution in [2.45, 2.75) is 25.3 Å². The van der Waals surface area contributed by atoms with Gasteiger partial charge >= 0.3 is 0 Å². The Hall–Kier alpha value is -1.85. The first-order valence-corrected chi connectivity index (χ1v) is 8.57. The van der Waals surface area contributed by atoms with Crippen LogP contribution < -0.4 is 5.32 Å². The third-order valence-corrected chi connectivity index (χ3v) is 5.36. The van der Waals surface area contributed by atoms with Crippen LogP contribution in [-0.4, -0.2) is 26.8 Å². The molecule has 0 spiro atoms. The number of hydrogen-bond donors (Lipinski definition) is 1. The van der Waals surface area contributed by atoms with E-state index in [4.69, 9.17) is 0 Å². The second kappa shape index (κ2) is 6.50. The highest BCUT2D eigenvalue weighted by molar-refractivity contribution is 7.89. The van der Waals surface area contributed by atoms with Crippen molar-refractivity contribution in [1.82, 2.24) is 4.31 Å². The van der Waals surface area contributed by atoms with Crippen molar-refractivity contribution in [3.63, 3.8) is 0 Å². The van der Waals surface area contributed by atoms with Crippen LogP contribution in [0, 0.1) is 13.8 Å². The van der Waals surface area contributed by atoms with Crippen LogP contribution in [0.2, 0.25) is 0 Å². The van der Waals surface area contributed by atoms with Gasteiger partial charge in [-0.15, -0.1) is 0 Å². The molecule has 0 atom stereocenters. The summed E-state index contributed by atoms with van der Waals surface area (Å²) in [5.74, 6) is 0. The molecule has 0 aliphatic rings. The minimum atomic E-state index is -3.41. The highest BCUT2D eigenvalue weighted by Crippen LogP contribution is 2.22. The van der Waals surface area contributed by atoms with E-state index < -0.39 is 10.0 Å². The summed E-state index contributed by atoms with van der Waals surface area (Å²) in [5, 5.41) is 3.32. The molecule has 0 bridgehead atoms. The van der Waals surface area contributed by atoms with Crippen molar-refractivity contribution >= 4 is 15.7 Å². The molecule has 2 aromatic carbocycles. The number of hydrogen-bond acceptors (Lipinski definition) is 3. The molecular formula is C17H22N2O2S. The maximum Gasteiger partial charge on any atom is 0.242 e. The Balaban J connectivity index is 2.24. The number of sulfonamides is 1. The monoisotopic (exact) mass is 318 g/mol. The number of nitrogens with zero attached hydrogens (tertiary/aromatic N) is 1. The molecule has 0 saturated carbocycles. The van der Waals surface area contributed by atoms with Gasteiger partial charge < -0.3 is 5.32 Å². The van der Waals surface area contributed by atoms with Crippen LogP contribution in [0.15, 0.2) is 47.4 Å². The number of rotatable bonds is 5. The van der Waals surface area contributed by atoms with Gasteiger partial charge in [-0.05, 0) is 37.1 Å². The number of nitrogens with one attached hydrogen (secondary N) is 1. The predicted octanol–water partition coefficient (Wildman–Crippen LogP) is 3.17. The molecule has 0 aliphatic carbocycles. The zero-order chi connectivity index (χ0) is 16.3. The lowest BCUT2D eigenvalue weighted by Gasteiger charge is -2.15. The molecule has 0 aromatic heterocycles. The lowest BCUT2D eigenvalue weighted by atomic mass is 10.1. The molecule has 4 nitrogen and oxygen atoms in total. The fraction of sp³-hybridized carbons (Fsp3) is 0.294. The highest BCUT2D eigenvalue weighted by atomic mass is 32.2. The molecule has 2 rings (SSSR count). The molecular weight excluding hydrogens is 296 g/mol. The largest absolute Gasteiger partial charge is 0.381 e. The van der Waals surface area contributed by atoms with Gasteiger partial charge in [0.25, 0.3) is 0 Å². The van der Waals surface area contributed by atoms with E-state index in [0.29, 0.717) is 11.4 Å². The van der Waals surface area contributed by atoms with Crippen LogP contribution in [0.4, 0.5) is 5.69 Å².